The molecule has 3 N–H and O–H groups in total. The molecule has 5 amide bonds. The molecular formula is C12H16N4O5. The zero-order chi connectivity index (χ0) is 15.8. The SMILES string of the molecule is CCNC(=O)CNC(=O)CNC(=O)CN1C(=O)C=CC1=O. The number of carbonyl (C=O) groups is 5. The normalized spacial score (nSPS) is 13.3. The smallest absolute Gasteiger partial charge is 0.254 e. The van der Waals surface area contributed by atoms with Gasteiger partial charge in [0.25, 0.3) is 11.8 Å². The Morgan fingerprint density at radius 3 is 1.90 bits per heavy atom. The minimum absolute atomic E-state index is 0.185. The third-order valence-corrected chi connectivity index (χ3v) is 2.47. The molecule has 0 aliphatic carbocycles. The van der Waals surface area contributed by atoms with E-state index in [-0.39, 0.29) is 19.0 Å². The number of amides is 5. The van der Waals surface area contributed by atoms with Crippen LogP contribution in [0, 0.1) is 0 Å². The van der Waals surface area contributed by atoms with E-state index in [4.69, 9.17) is 0 Å². The van der Waals surface area contributed by atoms with E-state index < -0.39 is 30.2 Å². The standard InChI is InChI=1S/C12H16N4O5/c1-2-13-8(17)5-14-9(18)6-15-10(19)7-16-11(20)3-4-12(16)21/h3-4H,2,5-7H2,1H3,(H,13,17)(H,14,18)(H,15,19). The minimum Gasteiger partial charge on any atom is -0.355 e. The summed E-state index contributed by atoms with van der Waals surface area (Å²) in [5, 5.41) is 7.05. The number of nitrogens with zero attached hydrogens (tertiary/aromatic N) is 1. The Kier molecular flexibility index (Phi) is 6.05. The fourth-order valence-electron chi connectivity index (χ4n) is 1.47. The van der Waals surface area contributed by atoms with Gasteiger partial charge in [0.15, 0.2) is 0 Å². The predicted molar refractivity (Wildman–Crippen MR) is 70.6 cm³/mol. The molecule has 114 valence electrons. The Morgan fingerprint density at radius 1 is 0.905 bits per heavy atom. The lowest BCUT2D eigenvalue weighted by atomic mass is 10.4. The van der Waals surface area contributed by atoms with E-state index in [0.29, 0.717) is 6.54 Å². The van der Waals surface area contributed by atoms with E-state index in [9.17, 15) is 24.0 Å². The summed E-state index contributed by atoms with van der Waals surface area (Å²) >= 11 is 0. The van der Waals surface area contributed by atoms with Gasteiger partial charge in [-0.2, -0.15) is 0 Å². The molecule has 1 rings (SSSR count). The summed E-state index contributed by atoms with van der Waals surface area (Å²) in [5.74, 6) is -2.68. The molecule has 9 nitrogen and oxygen atoms in total. The molecule has 0 aromatic carbocycles. The zero-order valence-electron chi connectivity index (χ0n) is 11.5. The molecule has 1 heterocycles. The summed E-state index contributed by atoms with van der Waals surface area (Å²) in [6.07, 6.45) is 2.13. The Bertz CT molecular complexity index is 482. The van der Waals surface area contributed by atoms with Crippen molar-refractivity contribution >= 4 is 29.5 Å². The number of hydrogen-bond donors (Lipinski definition) is 3. The van der Waals surface area contributed by atoms with Crippen LogP contribution in [-0.4, -0.2) is 60.6 Å². The number of rotatable bonds is 7. The maximum Gasteiger partial charge on any atom is 0.254 e. The maximum atomic E-state index is 11.5. The molecule has 0 fully saturated rings. The van der Waals surface area contributed by atoms with Gasteiger partial charge in [-0.15, -0.1) is 0 Å². The van der Waals surface area contributed by atoms with Crippen molar-refractivity contribution in [3.05, 3.63) is 12.2 Å². The van der Waals surface area contributed by atoms with E-state index in [2.05, 4.69) is 16.0 Å². The number of carbonyl (C=O) groups excluding carboxylic acids is 5. The van der Waals surface area contributed by atoms with Crippen molar-refractivity contribution in [1.82, 2.24) is 20.9 Å². The van der Waals surface area contributed by atoms with Gasteiger partial charge in [0.2, 0.25) is 17.7 Å². The van der Waals surface area contributed by atoms with Gasteiger partial charge in [-0.25, -0.2) is 0 Å². The molecule has 9 heteroatoms. The van der Waals surface area contributed by atoms with Crippen LogP contribution in [0.3, 0.4) is 0 Å². The van der Waals surface area contributed by atoms with E-state index in [0.717, 1.165) is 17.1 Å². The number of nitrogens with one attached hydrogen (secondary N) is 3. The molecule has 0 atom stereocenters. The first-order chi connectivity index (χ1) is 9.93. The molecule has 1 aliphatic rings. The summed E-state index contributed by atoms with van der Waals surface area (Å²) in [5.41, 5.74) is 0. The van der Waals surface area contributed by atoms with Gasteiger partial charge in [0.1, 0.15) is 6.54 Å². The highest BCUT2D eigenvalue weighted by atomic mass is 16.2. The average molecular weight is 296 g/mol. The number of hydrogen-bond acceptors (Lipinski definition) is 5. The van der Waals surface area contributed by atoms with Crippen molar-refractivity contribution in [3.8, 4) is 0 Å². The van der Waals surface area contributed by atoms with Gasteiger partial charge in [0.05, 0.1) is 13.1 Å². The Morgan fingerprint density at radius 2 is 1.38 bits per heavy atom. The zero-order valence-corrected chi connectivity index (χ0v) is 11.5. The van der Waals surface area contributed by atoms with Crippen molar-refractivity contribution < 1.29 is 24.0 Å². The second-order valence-corrected chi connectivity index (χ2v) is 4.10. The Hall–Kier alpha value is -2.71. The van der Waals surface area contributed by atoms with Crippen LogP contribution in [0.1, 0.15) is 6.92 Å². The minimum atomic E-state index is -0.645. The van der Waals surface area contributed by atoms with Gasteiger partial charge in [0, 0.05) is 18.7 Å². The summed E-state index contributed by atoms with van der Waals surface area (Å²) in [7, 11) is 0. The lowest BCUT2D eigenvalue weighted by molar-refractivity contribution is -0.141. The third-order valence-electron chi connectivity index (χ3n) is 2.47. The van der Waals surface area contributed by atoms with Gasteiger partial charge in [-0.05, 0) is 6.92 Å². The van der Waals surface area contributed by atoms with Crippen LogP contribution < -0.4 is 16.0 Å². The van der Waals surface area contributed by atoms with Gasteiger partial charge in [-0.3, -0.25) is 28.9 Å². The van der Waals surface area contributed by atoms with Gasteiger partial charge in [-0.1, -0.05) is 0 Å². The second-order valence-electron chi connectivity index (χ2n) is 4.10. The van der Waals surface area contributed by atoms with Crippen LogP contribution in [0.15, 0.2) is 12.2 Å². The van der Waals surface area contributed by atoms with E-state index in [1.807, 2.05) is 0 Å². The molecule has 0 bridgehead atoms. The van der Waals surface area contributed by atoms with Crippen LogP contribution in [0.4, 0.5) is 0 Å². The number of imide groups is 1. The Balaban J connectivity index is 2.24. The summed E-state index contributed by atoms with van der Waals surface area (Å²) in [6.45, 7) is 1.22. The maximum absolute atomic E-state index is 11.5. The number of likely N-dealkylation sites (N-methyl/N-ethyl adjacent to an activating group) is 1. The first-order valence-electron chi connectivity index (χ1n) is 6.27. The highest BCUT2D eigenvalue weighted by Crippen LogP contribution is 2.01. The highest BCUT2D eigenvalue weighted by Gasteiger charge is 2.25. The molecule has 21 heavy (non-hydrogen) atoms. The first kappa shape index (κ1) is 16.3. The molecule has 0 saturated carbocycles. The highest BCUT2D eigenvalue weighted by molar-refractivity contribution is 6.14. The van der Waals surface area contributed by atoms with Gasteiger partial charge >= 0.3 is 0 Å². The molecule has 0 radical (unpaired) electrons. The first-order valence-corrected chi connectivity index (χ1v) is 6.27. The summed E-state index contributed by atoms with van der Waals surface area (Å²) in [4.78, 5) is 57.1. The van der Waals surface area contributed by atoms with Crippen LogP contribution in [0.25, 0.3) is 0 Å². The van der Waals surface area contributed by atoms with Crippen molar-refractivity contribution in [2.24, 2.45) is 0 Å². The summed E-state index contributed by atoms with van der Waals surface area (Å²) < 4.78 is 0. The molecule has 0 saturated heterocycles. The van der Waals surface area contributed by atoms with Crippen molar-refractivity contribution in [3.63, 3.8) is 0 Å². The lowest BCUT2D eigenvalue weighted by Crippen LogP contribution is -2.45. The molecular weight excluding hydrogens is 280 g/mol. The second kappa shape index (κ2) is 7.78. The van der Waals surface area contributed by atoms with Crippen LogP contribution in [0.2, 0.25) is 0 Å². The fraction of sp³-hybridized carbons (Fsp3) is 0.417. The van der Waals surface area contributed by atoms with Crippen molar-refractivity contribution in [2.45, 2.75) is 6.92 Å². The summed E-state index contributed by atoms with van der Waals surface area (Å²) in [6, 6.07) is 0. The van der Waals surface area contributed by atoms with Crippen LogP contribution in [0.5, 0.6) is 0 Å². The Labute approximate surface area is 120 Å². The molecule has 0 aromatic heterocycles. The van der Waals surface area contributed by atoms with Crippen LogP contribution >= 0.6 is 0 Å². The van der Waals surface area contributed by atoms with Crippen molar-refractivity contribution in [1.29, 1.82) is 0 Å². The largest absolute Gasteiger partial charge is 0.355 e. The average Bonchev–Trinajstić information content (AvgIpc) is 2.75. The monoisotopic (exact) mass is 296 g/mol. The van der Waals surface area contributed by atoms with E-state index >= 15 is 0 Å². The van der Waals surface area contributed by atoms with E-state index in [1.165, 1.54) is 0 Å². The van der Waals surface area contributed by atoms with Gasteiger partial charge < -0.3 is 16.0 Å². The molecule has 0 spiro atoms. The molecule has 0 unspecified atom stereocenters. The van der Waals surface area contributed by atoms with E-state index in [1.54, 1.807) is 6.92 Å². The topological polar surface area (TPSA) is 125 Å². The van der Waals surface area contributed by atoms with Crippen molar-refractivity contribution in [2.75, 3.05) is 26.2 Å². The predicted octanol–water partition coefficient (Wildman–Crippen LogP) is -2.72. The molecule has 1 aliphatic heterocycles. The lowest BCUT2D eigenvalue weighted by Gasteiger charge is -2.13. The third kappa shape index (κ3) is 5.43. The van der Waals surface area contributed by atoms with Crippen LogP contribution in [-0.2, 0) is 24.0 Å². The molecule has 0 aromatic rings. The fourth-order valence-corrected chi connectivity index (χ4v) is 1.47. The quantitative estimate of drug-likeness (QED) is 0.440.